The van der Waals surface area contributed by atoms with Crippen LogP contribution in [0.1, 0.15) is 39.0 Å². The Kier molecular flexibility index (Phi) is 3.71. The first-order valence-electron chi connectivity index (χ1n) is 5.03. The minimum Gasteiger partial charge on any atom is -0.389 e. The van der Waals surface area contributed by atoms with E-state index in [1.807, 2.05) is 0 Å². The second kappa shape index (κ2) is 4.59. The zero-order chi connectivity index (χ0) is 9.73. The molecule has 0 spiro atoms. The Morgan fingerprint density at radius 2 is 2.31 bits per heavy atom. The van der Waals surface area contributed by atoms with Gasteiger partial charge in [0.05, 0.1) is 18.1 Å². The Morgan fingerprint density at radius 1 is 1.62 bits per heavy atom. The van der Waals surface area contributed by atoms with Crippen LogP contribution >= 0.6 is 0 Å². The number of hydrogen-bond donors (Lipinski definition) is 2. The van der Waals surface area contributed by atoms with Gasteiger partial charge < -0.3 is 10.4 Å². The van der Waals surface area contributed by atoms with Crippen LogP contribution in [-0.2, 0) is 0 Å². The summed E-state index contributed by atoms with van der Waals surface area (Å²) < 4.78 is 0. The van der Waals surface area contributed by atoms with Crippen molar-refractivity contribution in [3.63, 3.8) is 0 Å². The molecule has 0 amide bonds. The van der Waals surface area contributed by atoms with Crippen molar-refractivity contribution >= 4 is 0 Å². The molecule has 13 heavy (non-hydrogen) atoms. The van der Waals surface area contributed by atoms with Crippen LogP contribution in [0, 0.1) is 11.3 Å². The average molecular weight is 182 g/mol. The molecule has 0 aliphatic heterocycles. The summed E-state index contributed by atoms with van der Waals surface area (Å²) in [7, 11) is 0. The summed E-state index contributed by atoms with van der Waals surface area (Å²) in [5.74, 6) is 0. The van der Waals surface area contributed by atoms with E-state index in [4.69, 9.17) is 5.26 Å². The third-order valence-corrected chi connectivity index (χ3v) is 2.83. The molecule has 0 bridgehead atoms. The van der Waals surface area contributed by atoms with E-state index >= 15 is 0 Å². The lowest BCUT2D eigenvalue weighted by Crippen LogP contribution is -2.48. The third-order valence-electron chi connectivity index (χ3n) is 2.83. The Labute approximate surface area is 79.8 Å². The van der Waals surface area contributed by atoms with Crippen molar-refractivity contribution in [2.45, 2.75) is 50.7 Å². The van der Waals surface area contributed by atoms with Gasteiger partial charge in [-0.1, -0.05) is 6.92 Å². The number of nitrogens with one attached hydrogen (secondary N) is 1. The third kappa shape index (κ3) is 2.98. The van der Waals surface area contributed by atoms with E-state index in [1.165, 1.54) is 0 Å². The van der Waals surface area contributed by atoms with E-state index in [9.17, 15) is 5.11 Å². The van der Waals surface area contributed by atoms with E-state index in [2.05, 4.69) is 18.3 Å². The first-order chi connectivity index (χ1) is 6.20. The number of hydrogen-bond acceptors (Lipinski definition) is 3. The molecular formula is C10H18N2O. The maximum Gasteiger partial charge on any atom is 0.0771 e. The molecule has 3 heteroatoms. The van der Waals surface area contributed by atoms with Crippen molar-refractivity contribution in [3.05, 3.63) is 0 Å². The van der Waals surface area contributed by atoms with Crippen LogP contribution in [0.5, 0.6) is 0 Å². The smallest absolute Gasteiger partial charge is 0.0771 e. The molecule has 0 radical (unpaired) electrons. The summed E-state index contributed by atoms with van der Waals surface area (Å²) in [4.78, 5) is 0. The Morgan fingerprint density at radius 3 is 2.69 bits per heavy atom. The van der Waals surface area contributed by atoms with Gasteiger partial charge >= 0.3 is 0 Å². The predicted molar refractivity (Wildman–Crippen MR) is 51.1 cm³/mol. The predicted octanol–water partition coefficient (Wildman–Crippen LogP) is 1.18. The molecule has 1 rings (SSSR count). The highest BCUT2D eigenvalue weighted by Crippen LogP contribution is 2.30. The zero-order valence-electron chi connectivity index (χ0n) is 8.21. The van der Waals surface area contributed by atoms with Gasteiger partial charge in [0.25, 0.3) is 0 Å². The Hall–Kier alpha value is -0.590. The van der Waals surface area contributed by atoms with Gasteiger partial charge in [0.2, 0.25) is 0 Å². The fraction of sp³-hybridized carbons (Fsp3) is 0.900. The molecule has 1 saturated carbocycles. The molecular weight excluding hydrogens is 164 g/mol. The van der Waals surface area contributed by atoms with E-state index in [0.717, 1.165) is 25.7 Å². The lowest BCUT2D eigenvalue weighted by atomic mass is 9.80. The SMILES string of the molecule is CCC(CC#N)NCC1(O)CCC1. The molecule has 1 unspecified atom stereocenters. The molecule has 0 aromatic heterocycles. The van der Waals surface area contributed by atoms with Gasteiger partial charge in [-0.15, -0.1) is 0 Å². The van der Waals surface area contributed by atoms with Gasteiger partial charge in [-0.05, 0) is 25.7 Å². The normalized spacial score (nSPS) is 21.6. The van der Waals surface area contributed by atoms with Crippen LogP contribution in [0.15, 0.2) is 0 Å². The van der Waals surface area contributed by atoms with E-state index in [1.54, 1.807) is 0 Å². The van der Waals surface area contributed by atoms with Crippen LogP contribution in [0.3, 0.4) is 0 Å². The van der Waals surface area contributed by atoms with E-state index in [-0.39, 0.29) is 6.04 Å². The van der Waals surface area contributed by atoms with Crippen molar-refractivity contribution < 1.29 is 5.11 Å². The first kappa shape index (κ1) is 10.5. The van der Waals surface area contributed by atoms with Crippen molar-refractivity contribution in [2.75, 3.05) is 6.54 Å². The molecule has 1 aliphatic rings. The Balaban J connectivity index is 2.19. The average Bonchev–Trinajstić information content (AvgIpc) is 2.09. The van der Waals surface area contributed by atoms with E-state index in [0.29, 0.717) is 13.0 Å². The van der Waals surface area contributed by atoms with Gasteiger partial charge in [-0.25, -0.2) is 0 Å². The second-order valence-corrected chi connectivity index (χ2v) is 3.93. The summed E-state index contributed by atoms with van der Waals surface area (Å²) in [5, 5.41) is 21.5. The van der Waals surface area contributed by atoms with Crippen molar-refractivity contribution in [1.82, 2.24) is 5.32 Å². The molecule has 0 heterocycles. The van der Waals surface area contributed by atoms with Gasteiger partial charge in [-0.3, -0.25) is 0 Å². The lowest BCUT2D eigenvalue weighted by molar-refractivity contribution is -0.0331. The maximum atomic E-state index is 9.78. The van der Waals surface area contributed by atoms with Gasteiger partial charge in [0.15, 0.2) is 0 Å². The molecule has 0 saturated heterocycles. The molecule has 0 aromatic rings. The molecule has 1 fully saturated rings. The van der Waals surface area contributed by atoms with Crippen LogP contribution in [0.25, 0.3) is 0 Å². The fourth-order valence-corrected chi connectivity index (χ4v) is 1.57. The number of nitriles is 1. The summed E-state index contributed by atoms with van der Waals surface area (Å²) in [6.07, 6.45) is 4.43. The molecule has 74 valence electrons. The summed E-state index contributed by atoms with van der Waals surface area (Å²) in [6, 6.07) is 2.39. The molecule has 3 nitrogen and oxygen atoms in total. The number of aliphatic hydroxyl groups is 1. The summed E-state index contributed by atoms with van der Waals surface area (Å²) >= 11 is 0. The van der Waals surface area contributed by atoms with Crippen molar-refractivity contribution in [3.8, 4) is 6.07 Å². The highest BCUT2D eigenvalue weighted by molar-refractivity contribution is 4.91. The number of nitrogens with zero attached hydrogens (tertiary/aromatic N) is 1. The quantitative estimate of drug-likeness (QED) is 0.671. The topological polar surface area (TPSA) is 56.0 Å². The molecule has 0 aromatic carbocycles. The van der Waals surface area contributed by atoms with Crippen molar-refractivity contribution in [1.29, 1.82) is 5.26 Å². The fourth-order valence-electron chi connectivity index (χ4n) is 1.57. The first-order valence-corrected chi connectivity index (χ1v) is 5.03. The highest BCUT2D eigenvalue weighted by atomic mass is 16.3. The highest BCUT2D eigenvalue weighted by Gasteiger charge is 2.34. The standard InChI is InChI=1S/C10H18N2O/c1-2-9(4-7-11)12-8-10(13)5-3-6-10/h9,12-13H,2-6,8H2,1H3. The Bertz CT molecular complexity index is 194. The zero-order valence-corrected chi connectivity index (χ0v) is 8.21. The minimum atomic E-state index is -0.469. The van der Waals surface area contributed by atoms with Crippen LogP contribution < -0.4 is 5.32 Å². The number of rotatable bonds is 5. The van der Waals surface area contributed by atoms with Gasteiger partial charge in [0, 0.05) is 12.6 Å². The molecule has 2 N–H and O–H groups in total. The van der Waals surface area contributed by atoms with E-state index < -0.39 is 5.60 Å². The van der Waals surface area contributed by atoms with Crippen LogP contribution in [0.4, 0.5) is 0 Å². The molecule has 1 aliphatic carbocycles. The maximum absolute atomic E-state index is 9.78. The largest absolute Gasteiger partial charge is 0.389 e. The summed E-state index contributed by atoms with van der Waals surface area (Å²) in [5.41, 5.74) is -0.469. The minimum absolute atomic E-state index is 0.245. The monoisotopic (exact) mass is 182 g/mol. The van der Waals surface area contributed by atoms with Crippen LogP contribution in [0.2, 0.25) is 0 Å². The van der Waals surface area contributed by atoms with Crippen LogP contribution in [-0.4, -0.2) is 23.3 Å². The van der Waals surface area contributed by atoms with Gasteiger partial charge in [-0.2, -0.15) is 5.26 Å². The molecule has 1 atom stereocenters. The second-order valence-electron chi connectivity index (χ2n) is 3.93. The summed E-state index contributed by atoms with van der Waals surface area (Å²) in [6.45, 7) is 2.70. The lowest BCUT2D eigenvalue weighted by Gasteiger charge is -2.37. The van der Waals surface area contributed by atoms with Crippen molar-refractivity contribution in [2.24, 2.45) is 0 Å². The van der Waals surface area contributed by atoms with Gasteiger partial charge in [0.1, 0.15) is 0 Å².